The molecule has 158 valence electrons. The lowest BCUT2D eigenvalue weighted by Gasteiger charge is -2.62. The van der Waals surface area contributed by atoms with Crippen molar-refractivity contribution in [3.05, 3.63) is 95.4 Å². The highest BCUT2D eigenvalue weighted by Crippen LogP contribution is 2.65. The van der Waals surface area contributed by atoms with Crippen LogP contribution < -0.4 is 0 Å². The first kappa shape index (κ1) is 18.1. The van der Waals surface area contributed by atoms with E-state index in [2.05, 4.69) is 27.8 Å². The minimum Gasteiger partial charge on any atom is -0.463 e. The van der Waals surface area contributed by atoms with Crippen molar-refractivity contribution in [1.29, 1.82) is 0 Å². The Labute approximate surface area is 185 Å². The Kier molecular flexibility index (Phi) is 3.56. The third-order valence-electron chi connectivity index (χ3n) is 7.57. The fraction of sp³-hybridized carbons (Fsp3) is 0.259. The zero-order valence-electron chi connectivity index (χ0n) is 17.8. The number of imidazole rings is 1. The number of aromatic nitrogens is 2. The highest BCUT2D eigenvalue weighted by Gasteiger charge is 2.57. The first-order valence-electron chi connectivity index (χ1n) is 11.2. The average Bonchev–Trinajstić information content (AvgIpc) is 3.38. The zero-order chi connectivity index (χ0) is 21.4. The predicted molar refractivity (Wildman–Crippen MR) is 121 cm³/mol. The van der Waals surface area contributed by atoms with E-state index in [1.54, 1.807) is 12.3 Å². The average molecular weight is 423 g/mol. The second kappa shape index (κ2) is 6.28. The fourth-order valence-electron chi connectivity index (χ4n) is 5.84. The van der Waals surface area contributed by atoms with Gasteiger partial charge in [-0.05, 0) is 79.5 Å². The van der Waals surface area contributed by atoms with E-state index < -0.39 is 0 Å². The van der Waals surface area contributed by atoms with Crippen LogP contribution in [0.25, 0.3) is 17.1 Å². The van der Waals surface area contributed by atoms with E-state index in [0.29, 0.717) is 22.5 Å². The van der Waals surface area contributed by atoms with Crippen LogP contribution in [0.3, 0.4) is 0 Å². The number of hydrogen-bond acceptors (Lipinski definition) is 3. The van der Waals surface area contributed by atoms with Gasteiger partial charge in [0.2, 0.25) is 0 Å². The van der Waals surface area contributed by atoms with E-state index in [0.717, 1.165) is 28.6 Å². The van der Waals surface area contributed by atoms with Crippen LogP contribution >= 0.6 is 0 Å². The van der Waals surface area contributed by atoms with Crippen LogP contribution in [0.5, 0.6) is 0 Å². The molecule has 4 aromatic rings. The van der Waals surface area contributed by atoms with Gasteiger partial charge in [-0.15, -0.1) is 0 Å². The van der Waals surface area contributed by atoms with Gasteiger partial charge in [-0.2, -0.15) is 0 Å². The summed E-state index contributed by atoms with van der Waals surface area (Å²) in [5.74, 6) is 1.35. The maximum absolute atomic E-state index is 15.0. The molecule has 4 aliphatic rings. The molecule has 1 atom stereocenters. The van der Waals surface area contributed by atoms with Crippen LogP contribution in [-0.2, 0) is 5.41 Å². The SMILES string of the molecule is C[C@@H]1N=C(c2ccccc2F)c2cc(C34CC(C3)C4)ccc2-n2cnc(-c3ccco3)c21. The van der Waals surface area contributed by atoms with Crippen molar-refractivity contribution in [1.82, 2.24) is 9.55 Å². The summed E-state index contributed by atoms with van der Waals surface area (Å²) in [6.07, 6.45) is 7.30. The van der Waals surface area contributed by atoms with Gasteiger partial charge in [0.15, 0.2) is 5.76 Å². The van der Waals surface area contributed by atoms with Crippen LogP contribution in [0.4, 0.5) is 4.39 Å². The summed E-state index contributed by atoms with van der Waals surface area (Å²) in [4.78, 5) is 9.77. The summed E-state index contributed by atoms with van der Waals surface area (Å²) in [6, 6.07) is 17.1. The van der Waals surface area contributed by atoms with Gasteiger partial charge in [0.05, 0.1) is 29.4 Å². The van der Waals surface area contributed by atoms with Gasteiger partial charge in [0, 0.05) is 11.1 Å². The maximum atomic E-state index is 15.0. The second-order valence-corrected chi connectivity index (χ2v) is 9.45. The van der Waals surface area contributed by atoms with Gasteiger partial charge in [-0.3, -0.25) is 9.56 Å². The van der Waals surface area contributed by atoms with Crippen molar-refractivity contribution >= 4 is 5.71 Å². The number of aliphatic imine (C=N–C) groups is 1. The molecule has 32 heavy (non-hydrogen) atoms. The Bertz CT molecular complexity index is 1380. The number of furan rings is 1. The molecule has 0 N–H and O–H groups in total. The monoisotopic (exact) mass is 423 g/mol. The van der Waals surface area contributed by atoms with E-state index in [9.17, 15) is 4.39 Å². The van der Waals surface area contributed by atoms with Gasteiger partial charge in [-0.25, -0.2) is 9.37 Å². The number of halogens is 1. The molecule has 0 saturated heterocycles. The standard InChI is InChI=1S/C27H22FN3O/c1-16-26-25(23-7-4-10-32-23)29-15-31(26)22-9-8-18(27-12-17(13-27)14-27)11-20(22)24(30-16)19-5-2-3-6-21(19)28/h2-11,15-17H,12-14H2,1H3/t16-,17?,27?/m0/s1. The Morgan fingerprint density at radius 3 is 2.59 bits per heavy atom. The number of hydrogen-bond donors (Lipinski definition) is 0. The summed E-state index contributed by atoms with van der Waals surface area (Å²) in [6.45, 7) is 2.04. The number of fused-ring (bicyclic) bond motifs is 3. The molecule has 0 amide bonds. The molecule has 8 rings (SSSR count). The number of nitrogens with zero attached hydrogens (tertiary/aromatic N) is 3. The number of benzene rings is 2. The molecule has 2 bridgehead atoms. The Hall–Kier alpha value is -3.47. The molecule has 0 spiro atoms. The smallest absolute Gasteiger partial charge is 0.154 e. The first-order chi connectivity index (χ1) is 15.6. The minimum absolute atomic E-state index is 0.224. The first-order valence-corrected chi connectivity index (χ1v) is 11.2. The quantitative estimate of drug-likeness (QED) is 0.392. The van der Waals surface area contributed by atoms with E-state index in [1.807, 2.05) is 37.5 Å². The molecular formula is C27H22FN3O. The molecule has 0 unspecified atom stereocenters. The molecule has 2 aromatic heterocycles. The molecule has 1 aliphatic heterocycles. The molecule has 3 heterocycles. The van der Waals surface area contributed by atoms with E-state index in [1.165, 1.54) is 30.9 Å². The zero-order valence-corrected chi connectivity index (χ0v) is 17.8. The van der Waals surface area contributed by atoms with Crippen LogP contribution in [-0.4, -0.2) is 15.3 Å². The molecule has 3 aliphatic carbocycles. The van der Waals surface area contributed by atoms with Gasteiger partial charge < -0.3 is 4.42 Å². The van der Waals surface area contributed by atoms with Crippen molar-refractivity contribution < 1.29 is 8.81 Å². The van der Waals surface area contributed by atoms with Gasteiger partial charge in [0.1, 0.15) is 17.8 Å². The molecule has 4 nitrogen and oxygen atoms in total. The van der Waals surface area contributed by atoms with E-state index in [4.69, 9.17) is 9.41 Å². The van der Waals surface area contributed by atoms with Crippen molar-refractivity contribution in [2.45, 2.75) is 37.6 Å². The Morgan fingerprint density at radius 1 is 1.03 bits per heavy atom. The third kappa shape index (κ3) is 2.36. The van der Waals surface area contributed by atoms with Gasteiger partial charge >= 0.3 is 0 Å². The van der Waals surface area contributed by atoms with Gasteiger partial charge in [-0.1, -0.05) is 18.2 Å². The summed E-state index contributed by atoms with van der Waals surface area (Å²) < 4.78 is 22.7. The Morgan fingerprint density at radius 2 is 1.88 bits per heavy atom. The molecule has 5 heteroatoms. The normalized spacial score (nSPS) is 25.1. The predicted octanol–water partition coefficient (Wildman–Crippen LogP) is 6.23. The third-order valence-corrected chi connectivity index (χ3v) is 7.57. The number of rotatable bonds is 3. The van der Waals surface area contributed by atoms with Gasteiger partial charge in [0.25, 0.3) is 0 Å². The largest absolute Gasteiger partial charge is 0.463 e. The Balaban J connectivity index is 1.49. The summed E-state index contributed by atoms with van der Waals surface area (Å²) >= 11 is 0. The van der Waals surface area contributed by atoms with Crippen molar-refractivity contribution in [2.75, 3.05) is 0 Å². The lowest BCUT2D eigenvalue weighted by Crippen LogP contribution is -2.55. The summed E-state index contributed by atoms with van der Waals surface area (Å²) in [5.41, 5.74) is 6.57. The fourth-order valence-corrected chi connectivity index (χ4v) is 5.84. The van der Waals surface area contributed by atoms with Crippen molar-refractivity contribution in [3.8, 4) is 17.1 Å². The van der Waals surface area contributed by atoms with Crippen molar-refractivity contribution in [2.24, 2.45) is 10.9 Å². The topological polar surface area (TPSA) is 43.3 Å². The maximum Gasteiger partial charge on any atom is 0.154 e. The molecule has 3 fully saturated rings. The second-order valence-electron chi connectivity index (χ2n) is 9.45. The highest BCUT2D eigenvalue weighted by atomic mass is 19.1. The van der Waals surface area contributed by atoms with Crippen LogP contribution in [0.1, 0.15) is 54.6 Å². The molecule has 2 aromatic carbocycles. The molecule has 0 radical (unpaired) electrons. The summed E-state index contributed by atoms with van der Waals surface area (Å²) in [7, 11) is 0. The lowest BCUT2D eigenvalue weighted by atomic mass is 9.42. The van der Waals surface area contributed by atoms with Crippen LogP contribution in [0.15, 0.2) is 76.6 Å². The van der Waals surface area contributed by atoms with Crippen molar-refractivity contribution in [3.63, 3.8) is 0 Å². The highest BCUT2D eigenvalue weighted by molar-refractivity contribution is 6.15. The minimum atomic E-state index is -0.253. The lowest BCUT2D eigenvalue weighted by molar-refractivity contribution is -0.0274. The van der Waals surface area contributed by atoms with Crippen LogP contribution in [0.2, 0.25) is 0 Å². The van der Waals surface area contributed by atoms with E-state index in [-0.39, 0.29) is 11.9 Å². The summed E-state index contributed by atoms with van der Waals surface area (Å²) in [5, 5.41) is 0. The molecule has 3 saturated carbocycles. The molecular weight excluding hydrogens is 401 g/mol. The van der Waals surface area contributed by atoms with Crippen LogP contribution in [0, 0.1) is 11.7 Å². The van der Waals surface area contributed by atoms with E-state index >= 15 is 0 Å².